The van der Waals surface area contributed by atoms with E-state index in [1.807, 2.05) is 42.2 Å². The summed E-state index contributed by atoms with van der Waals surface area (Å²) in [5, 5.41) is 18.3. The molecule has 0 saturated carbocycles. The first kappa shape index (κ1) is 16.7. The molecule has 4 heteroatoms. The Morgan fingerprint density at radius 1 is 1.20 bits per heavy atom. The molecule has 2 N–H and O–H groups in total. The van der Waals surface area contributed by atoms with Gasteiger partial charge in [0.25, 0.3) is 0 Å². The summed E-state index contributed by atoms with van der Waals surface area (Å²) < 4.78 is 0. The molecule has 0 aliphatic rings. The van der Waals surface area contributed by atoms with Gasteiger partial charge in [-0.3, -0.25) is 9.69 Å². The van der Waals surface area contributed by atoms with E-state index >= 15 is 0 Å². The number of benzene rings is 1. The van der Waals surface area contributed by atoms with Crippen LogP contribution in [0.5, 0.6) is 0 Å². The molecule has 4 nitrogen and oxygen atoms in total. The van der Waals surface area contributed by atoms with Crippen LogP contribution >= 0.6 is 0 Å². The third-order valence-corrected chi connectivity index (χ3v) is 3.43. The zero-order valence-electron chi connectivity index (χ0n) is 12.3. The Balaban J connectivity index is 2.56. The van der Waals surface area contributed by atoms with Gasteiger partial charge in [-0.15, -0.1) is 0 Å². The number of hydrogen-bond donors (Lipinski definition) is 2. The predicted octanol–water partition coefficient (Wildman–Crippen LogP) is 2.51. The van der Waals surface area contributed by atoms with E-state index in [0.717, 1.165) is 24.8 Å². The Morgan fingerprint density at radius 3 is 2.40 bits per heavy atom. The number of nitrogens with zero attached hydrogens (tertiary/aromatic N) is 1. The van der Waals surface area contributed by atoms with Crippen molar-refractivity contribution >= 4 is 5.97 Å². The molecule has 0 radical (unpaired) electrons. The van der Waals surface area contributed by atoms with Gasteiger partial charge in [0.2, 0.25) is 0 Å². The molecule has 0 heterocycles. The molecule has 0 aliphatic heterocycles. The van der Waals surface area contributed by atoms with Gasteiger partial charge < -0.3 is 10.2 Å². The number of aliphatic hydroxyl groups is 1. The van der Waals surface area contributed by atoms with Gasteiger partial charge in [-0.1, -0.05) is 30.3 Å². The second kappa shape index (κ2) is 8.72. The molecule has 112 valence electrons. The van der Waals surface area contributed by atoms with E-state index in [4.69, 9.17) is 5.11 Å². The Bertz CT molecular complexity index is 392. The lowest BCUT2D eigenvalue weighted by atomic mass is 10.1. The van der Waals surface area contributed by atoms with Gasteiger partial charge in [0.1, 0.15) is 0 Å². The highest BCUT2D eigenvalue weighted by molar-refractivity contribution is 5.69. The van der Waals surface area contributed by atoms with Crippen molar-refractivity contribution in [2.24, 2.45) is 0 Å². The lowest BCUT2D eigenvalue weighted by molar-refractivity contribution is -0.139. The van der Waals surface area contributed by atoms with Crippen molar-refractivity contribution in [3.05, 3.63) is 35.9 Å². The topological polar surface area (TPSA) is 60.8 Å². The van der Waals surface area contributed by atoms with Crippen molar-refractivity contribution in [2.45, 2.75) is 51.8 Å². The standard InChI is InChI=1S/C16H25NO3/c1-13(7-6-8-14(2)18)17(12-16(19)20)11-15-9-4-3-5-10-15/h3-5,9-10,13-14,18H,6-8,11-12H2,1-2H3,(H,19,20). The Kier molecular flexibility index (Phi) is 7.26. The van der Waals surface area contributed by atoms with Gasteiger partial charge >= 0.3 is 5.97 Å². The number of aliphatic carboxylic acids is 1. The number of aliphatic hydroxyl groups excluding tert-OH is 1. The van der Waals surface area contributed by atoms with E-state index in [-0.39, 0.29) is 18.7 Å². The molecule has 0 aliphatic carbocycles. The van der Waals surface area contributed by atoms with E-state index in [1.54, 1.807) is 6.92 Å². The first-order valence-electron chi connectivity index (χ1n) is 7.17. The molecule has 0 spiro atoms. The minimum absolute atomic E-state index is 0.0464. The minimum Gasteiger partial charge on any atom is -0.480 e. The number of carboxylic acids is 1. The van der Waals surface area contributed by atoms with Crippen LogP contribution in [0.4, 0.5) is 0 Å². The first-order chi connectivity index (χ1) is 9.49. The molecule has 20 heavy (non-hydrogen) atoms. The van der Waals surface area contributed by atoms with Crippen LogP contribution in [0.15, 0.2) is 30.3 Å². The van der Waals surface area contributed by atoms with Crippen LogP contribution in [-0.4, -0.2) is 39.8 Å². The highest BCUT2D eigenvalue weighted by atomic mass is 16.4. The van der Waals surface area contributed by atoms with Gasteiger partial charge in [0.15, 0.2) is 0 Å². The van der Waals surface area contributed by atoms with Crippen LogP contribution in [0.2, 0.25) is 0 Å². The first-order valence-corrected chi connectivity index (χ1v) is 7.17. The Labute approximate surface area is 121 Å². The van der Waals surface area contributed by atoms with Gasteiger partial charge in [-0.25, -0.2) is 0 Å². The Hall–Kier alpha value is -1.39. The van der Waals surface area contributed by atoms with Crippen molar-refractivity contribution in [3.8, 4) is 0 Å². The molecular weight excluding hydrogens is 254 g/mol. The fraction of sp³-hybridized carbons (Fsp3) is 0.562. The molecule has 0 saturated heterocycles. The van der Waals surface area contributed by atoms with E-state index in [0.29, 0.717) is 6.54 Å². The summed E-state index contributed by atoms with van der Waals surface area (Å²) in [7, 11) is 0. The van der Waals surface area contributed by atoms with Crippen LogP contribution in [-0.2, 0) is 11.3 Å². The summed E-state index contributed by atoms with van der Waals surface area (Å²) in [5.41, 5.74) is 1.12. The van der Waals surface area contributed by atoms with Crippen molar-refractivity contribution < 1.29 is 15.0 Å². The average molecular weight is 279 g/mol. The van der Waals surface area contributed by atoms with Crippen molar-refractivity contribution in [1.29, 1.82) is 0 Å². The molecule has 1 aromatic rings. The summed E-state index contributed by atoms with van der Waals surface area (Å²) in [5.74, 6) is -0.802. The fourth-order valence-corrected chi connectivity index (χ4v) is 2.25. The van der Waals surface area contributed by atoms with Crippen LogP contribution in [0, 0.1) is 0 Å². The van der Waals surface area contributed by atoms with E-state index in [1.165, 1.54) is 0 Å². The van der Waals surface area contributed by atoms with Crippen LogP contribution in [0.1, 0.15) is 38.7 Å². The van der Waals surface area contributed by atoms with Gasteiger partial charge in [0, 0.05) is 12.6 Å². The number of hydrogen-bond acceptors (Lipinski definition) is 3. The van der Waals surface area contributed by atoms with E-state index < -0.39 is 5.97 Å². The fourth-order valence-electron chi connectivity index (χ4n) is 2.25. The molecule has 0 bridgehead atoms. The molecule has 0 fully saturated rings. The zero-order chi connectivity index (χ0) is 15.0. The largest absolute Gasteiger partial charge is 0.480 e. The molecular formula is C16H25NO3. The summed E-state index contributed by atoms with van der Waals surface area (Å²) in [6.45, 7) is 4.52. The SMILES string of the molecule is CC(O)CCCC(C)N(CC(=O)O)Cc1ccccc1. The van der Waals surface area contributed by atoms with Gasteiger partial charge in [-0.05, 0) is 38.7 Å². The number of carboxylic acid groups (broad SMARTS) is 1. The molecule has 1 rings (SSSR count). The van der Waals surface area contributed by atoms with Crippen LogP contribution < -0.4 is 0 Å². The molecule has 2 atom stereocenters. The number of rotatable bonds is 9. The van der Waals surface area contributed by atoms with E-state index in [9.17, 15) is 9.90 Å². The summed E-state index contributed by atoms with van der Waals surface area (Å²) in [6.07, 6.45) is 2.27. The summed E-state index contributed by atoms with van der Waals surface area (Å²) in [6, 6.07) is 10.1. The molecule has 0 aromatic heterocycles. The minimum atomic E-state index is -0.802. The highest BCUT2D eigenvalue weighted by Crippen LogP contribution is 2.13. The predicted molar refractivity (Wildman–Crippen MR) is 79.5 cm³/mol. The summed E-state index contributed by atoms with van der Waals surface area (Å²) in [4.78, 5) is 13.0. The maximum atomic E-state index is 11.0. The third-order valence-electron chi connectivity index (χ3n) is 3.43. The van der Waals surface area contributed by atoms with Gasteiger partial charge in [0.05, 0.1) is 12.6 Å². The maximum Gasteiger partial charge on any atom is 0.317 e. The van der Waals surface area contributed by atoms with Crippen molar-refractivity contribution in [3.63, 3.8) is 0 Å². The third kappa shape index (κ3) is 6.68. The Morgan fingerprint density at radius 2 is 1.85 bits per heavy atom. The molecule has 2 unspecified atom stereocenters. The van der Waals surface area contributed by atoms with Crippen LogP contribution in [0.25, 0.3) is 0 Å². The molecule has 0 amide bonds. The zero-order valence-corrected chi connectivity index (χ0v) is 12.3. The van der Waals surface area contributed by atoms with E-state index in [2.05, 4.69) is 0 Å². The average Bonchev–Trinajstić information content (AvgIpc) is 2.38. The summed E-state index contributed by atoms with van der Waals surface area (Å²) >= 11 is 0. The van der Waals surface area contributed by atoms with Gasteiger partial charge in [-0.2, -0.15) is 0 Å². The normalized spacial score (nSPS) is 14.2. The molecule has 1 aromatic carbocycles. The van der Waals surface area contributed by atoms with Crippen LogP contribution in [0.3, 0.4) is 0 Å². The lowest BCUT2D eigenvalue weighted by Gasteiger charge is -2.27. The second-order valence-corrected chi connectivity index (χ2v) is 5.41. The smallest absolute Gasteiger partial charge is 0.317 e. The monoisotopic (exact) mass is 279 g/mol. The highest BCUT2D eigenvalue weighted by Gasteiger charge is 2.17. The second-order valence-electron chi connectivity index (χ2n) is 5.41. The number of carbonyl (C=O) groups is 1. The maximum absolute atomic E-state index is 11.0. The quantitative estimate of drug-likeness (QED) is 0.729. The lowest BCUT2D eigenvalue weighted by Crippen LogP contribution is -2.37. The van der Waals surface area contributed by atoms with Crippen molar-refractivity contribution in [1.82, 2.24) is 4.90 Å². The van der Waals surface area contributed by atoms with Crippen molar-refractivity contribution in [2.75, 3.05) is 6.54 Å².